The standard InChI is InChI=1S/C11H24N2O3S/c1-10(2)5-7-11(14,8-6-10)9-12-17(15,16)13(3)4/h12,14H,5-9H2,1-4H3. The number of hydrogen-bond donors (Lipinski definition) is 2. The third-order valence-electron chi connectivity index (χ3n) is 3.60. The summed E-state index contributed by atoms with van der Waals surface area (Å²) >= 11 is 0. The Bertz CT molecular complexity index is 353. The normalized spacial score (nSPS) is 23.9. The van der Waals surface area contributed by atoms with Crippen molar-refractivity contribution in [2.75, 3.05) is 20.6 Å². The Balaban J connectivity index is 2.53. The molecule has 0 aromatic carbocycles. The lowest BCUT2D eigenvalue weighted by molar-refractivity contribution is -0.0207. The van der Waals surface area contributed by atoms with Crippen molar-refractivity contribution in [3.05, 3.63) is 0 Å². The van der Waals surface area contributed by atoms with Gasteiger partial charge in [-0.3, -0.25) is 0 Å². The fourth-order valence-electron chi connectivity index (χ4n) is 1.92. The maximum absolute atomic E-state index is 11.5. The monoisotopic (exact) mass is 264 g/mol. The molecule has 0 radical (unpaired) electrons. The summed E-state index contributed by atoms with van der Waals surface area (Å²) < 4.78 is 26.7. The molecule has 2 N–H and O–H groups in total. The lowest BCUT2D eigenvalue weighted by atomic mass is 9.71. The molecule has 1 fully saturated rings. The van der Waals surface area contributed by atoms with E-state index in [1.807, 2.05) is 0 Å². The Morgan fingerprint density at radius 1 is 1.18 bits per heavy atom. The van der Waals surface area contributed by atoms with E-state index in [0.717, 1.165) is 17.1 Å². The molecule has 5 nitrogen and oxygen atoms in total. The molecule has 0 aromatic heterocycles. The lowest BCUT2D eigenvalue weighted by Crippen LogP contribution is -2.48. The maximum Gasteiger partial charge on any atom is 0.279 e. The van der Waals surface area contributed by atoms with Gasteiger partial charge in [-0.25, -0.2) is 0 Å². The first-order valence-corrected chi connectivity index (χ1v) is 7.40. The predicted molar refractivity (Wildman–Crippen MR) is 67.8 cm³/mol. The minimum atomic E-state index is -3.44. The zero-order chi connectivity index (χ0) is 13.3. The molecule has 102 valence electrons. The number of rotatable bonds is 4. The van der Waals surface area contributed by atoms with Gasteiger partial charge in [-0.2, -0.15) is 17.4 Å². The maximum atomic E-state index is 11.5. The zero-order valence-electron chi connectivity index (χ0n) is 11.2. The van der Waals surface area contributed by atoms with E-state index in [9.17, 15) is 13.5 Å². The highest BCUT2D eigenvalue weighted by Crippen LogP contribution is 2.39. The van der Waals surface area contributed by atoms with Gasteiger partial charge in [-0.05, 0) is 31.1 Å². The Morgan fingerprint density at radius 2 is 1.65 bits per heavy atom. The molecular weight excluding hydrogens is 240 g/mol. The quantitative estimate of drug-likeness (QED) is 0.786. The lowest BCUT2D eigenvalue weighted by Gasteiger charge is -2.40. The van der Waals surface area contributed by atoms with Gasteiger partial charge in [0.1, 0.15) is 0 Å². The van der Waals surface area contributed by atoms with Crippen LogP contribution in [0.5, 0.6) is 0 Å². The van der Waals surface area contributed by atoms with E-state index >= 15 is 0 Å². The molecule has 0 atom stereocenters. The summed E-state index contributed by atoms with van der Waals surface area (Å²) in [5, 5.41) is 10.3. The first-order valence-electron chi connectivity index (χ1n) is 5.96. The summed E-state index contributed by atoms with van der Waals surface area (Å²) in [7, 11) is -0.504. The van der Waals surface area contributed by atoms with Crippen LogP contribution in [0.3, 0.4) is 0 Å². The smallest absolute Gasteiger partial charge is 0.279 e. The second-order valence-corrected chi connectivity index (χ2v) is 7.97. The van der Waals surface area contributed by atoms with Crippen molar-refractivity contribution in [2.24, 2.45) is 5.41 Å². The van der Waals surface area contributed by atoms with Gasteiger partial charge in [0.05, 0.1) is 5.60 Å². The van der Waals surface area contributed by atoms with Gasteiger partial charge >= 0.3 is 0 Å². The average Bonchev–Trinajstić information content (AvgIpc) is 2.21. The highest BCUT2D eigenvalue weighted by atomic mass is 32.2. The predicted octanol–water partition coefficient (Wildman–Crippen LogP) is 0.714. The van der Waals surface area contributed by atoms with E-state index in [1.54, 1.807) is 0 Å². The van der Waals surface area contributed by atoms with Crippen molar-refractivity contribution in [3.63, 3.8) is 0 Å². The summed E-state index contributed by atoms with van der Waals surface area (Å²) in [6.07, 6.45) is 3.15. The van der Waals surface area contributed by atoms with Gasteiger partial charge in [0, 0.05) is 20.6 Å². The Morgan fingerprint density at radius 3 is 2.06 bits per heavy atom. The molecular formula is C11H24N2O3S. The summed E-state index contributed by atoms with van der Waals surface area (Å²) in [6, 6.07) is 0. The fourth-order valence-corrected chi connectivity index (χ4v) is 2.63. The van der Waals surface area contributed by atoms with Crippen molar-refractivity contribution in [2.45, 2.75) is 45.1 Å². The Kier molecular flexibility index (Phi) is 4.24. The van der Waals surface area contributed by atoms with Crippen LogP contribution in [0, 0.1) is 5.41 Å². The summed E-state index contributed by atoms with van der Waals surface area (Å²) in [6.45, 7) is 4.46. The van der Waals surface area contributed by atoms with Crippen LogP contribution in [0.1, 0.15) is 39.5 Å². The molecule has 0 amide bonds. The second kappa shape index (κ2) is 4.84. The van der Waals surface area contributed by atoms with Crippen molar-refractivity contribution in [1.82, 2.24) is 9.03 Å². The van der Waals surface area contributed by atoms with Gasteiger partial charge in [-0.1, -0.05) is 13.8 Å². The Hall–Kier alpha value is -0.170. The molecule has 1 aliphatic rings. The second-order valence-electron chi connectivity index (χ2n) is 6.00. The highest BCUT2D eigenvalue weighted by molar-refractivity contribution is 7.87. The largest absolute Gasteiger partial charge is 0.389 e. The Labute approximate surface area is 104 Å². The van der Waals surface area contributed by atoms with Gasteiger partial charge in [0.2, 0.25) is 0 Å². The number of aliphatic hydroxyl groups is 1. The summed E-state index contributed by atoms with van der Waals surface area (Å²) in [5.41, 5.74) is -0.634. The first kappa shape index (κ1) is 14.9. The molecule has 6 heteroatoms. The topological polar surface area (TPSA) is 69.6 Å². The van der Waals surface area contributed by atoms with Crippen LogP contribution in [-0.4, -0.2) is 44.1 Å². The molecule has 1 rings (SSSR count). The van der Waals surface area contributed by atoms with E-state index in [-0.39, 0.29) is 12.0 Å². The van der Waals surface area contributed by atoms with Crippen LogP contribution in [0.4, 0.5) is 0 Å². The van der Waals surface area contributed by atoms with E-state index in [1.165, 1.54) is 14.1 Å². The van der Waals surface area contributed by atoms with Crippen molar-refractivity contribution in [3.8, 4) is 0 Å². The zero-order valence-corrected chi connectivity index (χ0v) is 12.0. The molecule has 0 spiro atoms. The summed E-state index contributed by atoms with van der Waals surface area (Å²) in [4.78, 5) is 0. The van der Waals surface area contributed by atoms with E-state index in [2.05, 4.69) is 18.6 Å². The molecule has 0 heterocycles. The number of nitrogens with one attached hydrogen (secondary N) is 1. The molecule has 1 saturated carbocycles. The number of nitrogens with zero attached hydrogens (tertiary/aromatic N) is 1. The molecule has 0 saturated heterocycles. The molecule has 17 heavy (non-hydrogen) atoms. The minimum Gasteiger partial charge on any atom is -0.389 e. The van der Waals surface area contributed by atoms with Crippen molar-refractivity contribution < 1.29 is 13.5 Å². The third kappa shape index (κ3) is 4.21. The minimum absolute atomic E-state index is 0.101. The van der Waals surface area contributed by atoms with Gasteiger partial charge < -0.3 is 5.11 Å². The van der Waals surface area contributed by atoms with Crippen LogP contribution >= 0.6 is 0 Å². The molecule has 0 aromatic rings. The van der Waals surface area contributed by atoms with Crippen molar-refractivity contribution >= 4 is 10.2 Å². The highest BCUT2D eigenvalue weighted by Gasteiger charge is 2.37. The fraction of sp³-hybridized carbons (Fsp3) is 1.00. The first-order chi connectivity index (χ1) is 7.56. The van der Waals surface area contributed by atoms with Crippen LogP contribution in [0.15, 0.2) is 0 Å². The third-order valence-corrected chi connectivity index (χ3v) is 5.07. The number of hydrogen-bond acceptors (Lipinski definition) is 3. The van der Waals surface area contributed by atoms with E-state index in [0.29, 0.717) is 12.8 Å². The average molecular weight is 264 g/mol. The van der Waals surface area contributed by atoms with Gasteiger partial charge in [-0.15, -0.1) is 0 Å². The molecule has 0 unspecified atom stereocenters. The van der Waals surface area contributed by atoms with Gasteiger partial charge in [0.25, 0.3) is 10.2 Å². The molecule has 1 aliphatic carbocycles. The van der Waals surface area contributed by atoms with Crippen LogP contribution < -0.4 is 4.72 Å². The molecule has 0 bridgehead atoms. The van der Waals surface area contributed by atoms with E-state index in [4.69, 9.17) is 0 Å². The van der Waals surface area contributed by atoms with Crippen LogP contribution in [-0.2, 0) is 10.2 Å². The van der Waals surface area contributed by atoms with E-state index < -0.39 is 15.8 Å². The molecule has 0 aliphatic heterocycles. The summed E-state index contributed by atoms with van der Waals surface area (Å²) in [5.74, 6) is 0. The van der Waals surface area contributed by atoms with Crippen LogP contribution in [0.25, 0.3) is 0 Å². The van der Waals surface area contributed by atoms with Crippen molar-refractivity contribution in [1.29, 1.82) is 0 Å². The SMILES string of the molecule is CN(C)S(=O)(=O)NCC1(O)CCC(C)(C)CC1. The van der Waals surface area contributed by atoms with Gasteiger partial charge in [0.15, 0.2) is 0 Å². The van der Waals surface area contributed by atoms with Crippen LogP contribution in [0.2, 0.25) is 0 Å².